The van der Waals surface area contributed by atoms with Crippen molar-refractivity contribution in [2.75, 3.05) is 19.9 Å². The second-order valence-corrected chi connectivity index (χ2v) is 4.47. The summed E-state index contributed by atoms with van der Waals surface area (Å²) < 4.78 is 5.20. The fourth-order valence-electron chi connectivity index (χ4n) is 1.69. The van der Waals surface area contributed by atoms with Crippen LogP contribution in [0, 0.1) is 6.92 Å². The van der Waals surface area contributed by atoms with Crippen LogP contribution in [0.2, 0.25) is 0 Å². The number of methoxy groups -OCH3 is 1. The number of ether oxygens (including phenoxy) is 1. The number of hydrogen-bond acceptors (Lipinski definition) is 3. The van der Waals surface area contributed by atoms with Crippen molar-refractivity contribution in [2.45, 2.75) is 19.9 Å². The van der Waals surface area contributed by atoms with Crippen molar-refractivity contribution in [3.63, 3.8) is 0 Å². The Balaban J connectivity index is 2.68. The Kier molecular flexibility index (Phi) is 5.35. The number of carbonyl (C=O) groups excluding carboxylic acids is 1. The van der Waals surface area contributed by atoms with Gasteiger partial charge in [0, 0.05) is 20.0 Å². The summed E-state index contributed by atoms with van der Waals surface area (Å²) >= 11 is 4.06. The molecule has 1 rings (SSSR count). The van der Waals surface area contributed by atoms with Gasteiger partial charge in [0.05, 0.1) is 7.11 Å². The Morgan fingerprint density at radius 1 is 1.47 bits per heavy atom. The lowest BCUT2D eigenvalue weighted by Crippen LogP contribution is -2.26. The van der Waals surface area contributed by atoms with Crippen LogP contribution in [0.1, 0.15) is 17.5 Å². The van der Waals surface area contributed by atoms with E-state index in [1.54, 1.807) is 12.0 Å². The van der Waals surface area contributed by atoms with Gasteiger partial charge < -0.3 is 9.64 Å². The minimum absolute atomic E-state index is 0.119. The molecule has 3 nitrogen and oxygen atoms in total. The summed E-state index contributed by atoms with van der Waals surface area (Å²) in [4.78, 5) is 13.3. The quantitative estimate of drug-likeness (QED) is 0.816. The van der Waals surface area contributed by atoms with E-state index in [1.165, 1.54) is 0 Å². The van der Waals surface area contributed by atoms with Crippen LogP contribution in [-0.2, 0) is 11.3 Å². The molecule has 0 aromatic heterocycles. The van der Waals surface area contributed by atoms with E-state index < -0.39 is 0 Å². The van der Waals surface area contributed by atoms with Crippen molar-refractivity contribution in [3.8, 4) is 5.75 Å². The lowest BCUT2D eigenvalue weighted by Gasteiger charge is -2.17. The summed E-state index contributed by atoms with van der Waals surface area (Å²) in [6.07, 6.45) is 0.481. The Hall–Kier alpha value is -1.16. The van der Waals surface area contributed by atoms with Crippen molar-refractivity contribution in [3.05, 3.63) is 29.3 Å². The van der Waals surface area contributed by atoms with E-state index in [0.717, 1.165) is 16.9 Å². The number of aryl methyl sites for hydroxylation is 1. The summed E-state index contributed by atoms with van der Waals surface area (Å²) in [5.74, 6) is 1.58. The molecule has 1 aromatic rings. The summed E-state index contributed by atoms with van der Waals surface area (Å²) in [5, 5.41) is 0. The molecule has 0 bridgehead atoms. The van der Waals surface area contributed by atoms with Gasteiger partial charge >= 0.3 is 0 Å². The molecule has 0 aliphatic rings. The van der Waals surface area contributed by atoms with Gasteiger partial charge in [-0.15, -0.1) is 0 Å². The summed E-state index contributed by atoms with van der Waals surface area (Å²) in [7, 11) is 3.47. The highest BCUT2D eigenvalue weighted by molar-refractivity contribution is 7.80. The molecule has 0 fully saturated rings. The normalized spacial score (nSPS) is 10.1. The molecule has 4 heteroatoms. The average Bonchev–Trinajstić information content (AvgIpc) is 2.29. The Labute approximate surface area is 108 Å². The van der Waals surface area contributed by atoms with Crippen molar-refractivity contribution in [1.29, 1.82) is 0 Å². The number of hydrogen-bond donors (Lipinski definition) is 1. The van der Waals surface area contributed by atoms with Crippen molar-refractivity contribution >= 4 is 18.5 Å². The predicted octanol–water partition coefficient (Wildman–Crippen LogP) is 2.28. The molecule has 0 unspecified atom stereocenters. The van der Waals surface area contributed by atoms with Gasteiger partial charge in [0.1, 0.15) is 5.75 Å². The third-order valence-electron chi connectivity index (χ3n) is 2.63. The summed E-state index contributed by atoms with van der Waals surface area (Å²) in [5.41, 5.74) is 2.19. The minimum Gasteiger partial charge on any atom is -0.496 e. The Bertz CT molecular complexity index is 393. The van der Waals surface area contributed by atoms with E-state index >= 15 is 0 Å². The molecular formula is C13H19NO2S. The lowest BCUT2D eigenvalue weighted by atomic mass is 10.1. The van der Waals surface area contributed by atoms with E-state index in [4.69, 9.17) is 4.74 Å². The molecule has 0 radical (unpaired) electrons. The van der Waals surface area contributed by atoms with E-state index in [-0.39, 0.29) is 5.91 Å². The number of amides is 1. The third kappa shape index (κ3) is 3.97. The maximum absolute atomic E-state index is 11.6. The predicted molar refractivity (Wildman–Crippen MR) is 72.7 cm³/mol. The highest BCUT2D eigenvalue weighted by Crippen LogP contribution is 2.19. The summed E-state index contributed by atoms with van der Waals surface area (Å²) in [6, 6.07) is 5.96. The van der Waals surface area contributed by atoms with Crippen LogP contribution in [0.25, 0.3) is 0 Å². The molecule has 0 atom stereocenters. The van der Waals surface area contributed by atoms with Gasteiger partial charge in [0.25, 0.3) is 0 Å². The van der Waals surface area contributed by atoms with E-state index in [2.05, 4.69) is 12.6 Å². The first-order chi connectivity index (χ1) is 8.08. The molecule has 17 heavy (non-hydrogen) atoms. The van der Waals surface area contributed by atoms with Crippen LogP contribution in [0.5, 0.6) is 5.75 Å². The third-order valence-corrected chi connectivity index (χ3v) is 2.85. The average molecular weight is 253 g/mol. The molecule has 94 valence electrons. The zero-order valence-corrected chi connectivity index (χ0v) is 11.5. The largest absolute Gasteiger partial charge is 0.496 e. The van der Waals surface area contributed by atoms with Crippen LogP contribution in [0.15, 0.2) is 18.2 Å². The zero-order chi connectivity index (χ0) is 12.8. The van der Waals surface area contributed by atoms with Gasteiger partial charge in [-0.1, -0.05) is 12.1 Å². The first kappa shape index (κ1) is 13.9. The first-order valence-corrected chi connectivity index (χ1v) is 6.20. The lowest BCUT2D eigenvalue weighted by molar-refractivity contribution is -0.129. The molecule has 0 saturated heterocycles. The molecule has 0 aliphatic heterocycles. The fourth-order valence-corrected chi connectivity index (χ4v) is 1.88. The standard InChI is InChI=1S/C13H19NO2S/c1-10-8-11(4-5-12(10)16-3)9-14(2)13(15)6-7-17/h4-5,8,17H,6-7,9H2,1-3H3. The summed E-state index contributed by atoms with van der Waals surface area (Å²) in [6.45, 7) is 2.62. The Morgan fingerprint density at radius 2 is 2.18 bits per heavy atom. The van der Waals surface area contributed by atoms with Crippen LogP contribution in [-0.4, -0.2) is 30.7 Å². The number of carbonyl (C=O) groups is 1. The fraction of sp³-hybridized carbons (Fsp3) is 0.462. The Morgan fingerprint density at radius 3 is 2.71 bits per heavy atom. The molecule has 0 aliphatic carbocycles. The van der Waals surface area contributed by atoms with Gasteiger partial charge in [-0.05, 0) is 29.9 Å². The van der Waals surface area contributed by atoms with Crippen LogP contribution < -0.4 is 4.74 Å². The van der Waals surface area contributed by atoms with Crippen LogP contribution in [0.3, 0.4) is 0 Å². The maximum Gasteiger partial charge on any atom is 0.223 e. The minimum atomic E-state index is 0.119. The highest BCUT2D eigenvalue weighted by atomic mass is 32.1. The number of thiol groups is 1. The van der Waals surface area contributed by atoms with Crippen molar-refractivity contribution in [2.24, 2.45) is 0 Å². The zero-order valence-electron chi connectivity index (χ0n) is 10.6. The van der Waals surface area contributed by atoms with Gasteiger partial charge in [0.15, 0.2) is 0 Å². The second kappa shape index (κ2) is 6.55. The van der Waals surface area contributed by atoms with E-state index in [9.17, 15) is 4.79 Å². The monoisotopic (exact) mass is 253 g/mol. The number of nitrogens with zero attached hydrogens (tertiary/aromatic N) is 1. The molecule has 1 amide bonds. The van der Waals surface area contributed by atoms with Crippen LogP contribution >= 0.6 is 12.6 Å². The van der Waals surface area contributed by atoms with Gasteiger partial charge in [-0.3, -0.25) is 4.79 Å². The van der Waals surface area contributed by atoms with Gasteiger partial charge in [0.2, 0.25) is 5.91 Å². The SMILES string of the molecule is COc1ccc(CN(C)C(=O)CCS)cc1C. The second-order valence-electron chi connectivity index (χ2n) is 4.03. The topological polar surface area (TPSA) is 29.5 Å². The van der Waals surface area contributed by atoms with Crippen molar-refractivity contribution < 1.29 is 9.53 Å². The number of rotatable bonds is 5. The van der Waals surface area contributed by atoms with Gasteiger partial charge in [-0.25, -0.2) is 0 Å². The molecule has 0 heterocycles. The van der Waals surface area contributed by atoms with Gasteiger partial charge in [-0.2, -0.15) is 12.6 Å². The molecule has 1 aromatic carbocycles. The molecule has 0 spiro atoms. The van der Waals surface area contributed by atoms with E-state index in [1.807, 2.05) is 32.2 Å². The van der Waals surface area contributed by atoms with E-state index in [0.29, 0.717) is 18.7 Å². The first-order valence-electron chi connectivity index (χ1n) is 5.56. The maximum atomic E-state index is 11.6. The molecule has 0 N–H and O–H groups in total. The van der Waals surface area contributed by atoms with Crippen molar-refractivity contribution in [1.82, 2.24) is 4.90 Å². The number of benzene rings is 1. The molecular weight excluding hydrogens is 234 g/mol. The molecule has 0 saturated carbocycles. The smallest absolute Gasteiger partial charge is 0.223 e. The highest BCUT2D eigenvalue weighted by Gasteiger charge is 2.08. The van der Waals surface area contributed by atoms with Crippen LogP contribution in [0.4, 0.5) is 0 Å².